The van der Waals surface area contributed by atoms with Crippen LogP contribution in [0.4, 0.5) is 0 Å². The lowest BCUT2D eigenvalue weighted by Gasteiger charge is -2.27. The second-order valence-corrected chi connectivity index (χ2v) is 7.79. The summed E-state index contributed by atoms with van der Waals surface area (Å²) in [4.78, 5) is 0. The summed E-state index contributed by atoms with van der Waals surface area (Å²) in [6.45, 7) is 9.75. The number of unbranched alkanes of at least 4 members (excludes halogenated alkanes) is 11. The molecule has 1 N–H and O–H groups in total. The average Bonchev–Trinajstić information content (AvgIpc) is 2.62. The minimum absolute atomic E-state index is 0.439. The fourth-order valence-corrected chi connectivity index (χ4v) is 3.46. The van der Waals surface area contributed by atoms with E-state index in [1.807, 2.05) is 0 Å². The first-order chi connectivity index (χ1) is 12.2. The Kier molecular flexibility index (Phi) is 18.6. The van der Waals surface area contributed by atoms with Crippen LogP contribution in [0.1, 0.15) is 123 Å². The minimum atomic E-state index is -0.439. The Morgan fingerprint density at radius 1 is 0.680 bits per heavy atom. The molecule has 0 rings (SSSR count). The van der Waals surface area contributed by atoms with E-state index >= 15 is 0 Å². The van der Waals surface area contributed by atoms with Crippen LogP contribution >= 0.6 is 0 Å². The summed E-state index contributed by atoms with van der Waals surface area (Å²) in [5.74, 6) is 0. The molecular formula is C23H47O2. The molecule has 0 heterocycles. The molecule has 0 saturated heterocycles. The van der Waals surface area contributed by atoms with Crippen LogP contribution in [0, 0.1) is 6.92 Å². The van der Waals surface area contributed by atoms with Crippen molar-refractivity contribution in [2.45, 2.75) is 129 Å². The molecule has 0 aliphatic heterocycles. The minimum Gasteiger partial charge on any atom is -0.390 e. The molecular weight excluding hydrogens is 308 g/mol. The molecule has 0 bridgehead atoms. The zero-order valence-corrected chi connectivity index (χ0v) is 17.5. The van der Waals surface area contributed by atoms with Crippen LogP contribution in [0.5, 0.6) is 0 Å². The normalized spacial score (nSPS) is 13.9. The van der Waals surface area contributed by atoms with Crippen molar-refractivity contribution in [3.8, 4) is 0 Å². The van der Waals surface area contributed by atoms with Gasteiger partial charge in [-0.2, -0.15) is 0 Å². The number of rotatable bonds is 20. The van der Waals surface area contributed by atoms with Crippen molar-refractivity contribution in [1.82, 2.24) is 0 Å². The molecule has 1 unspecified atom stereocenters. The molecule has 0 aromatic heterocycles. The van der Waals surface area contributed by atoms with E-state index in [2.05, 4.69) is 20.8 Å². The van der Waals surface area contributed by atoms with Crippen LogP contribution in [0.15, 0.2) is 0 Å². The summed E-state index contributed by atoms with van der Waals surface area (Å²) in [7, 11) is 0. The molecule has 151 valence electrons. The first-order valence-electron chi connectivity index (χ1n) is 11.3. The van der Waals surface area contributed by atoms with Crippen molar-refractivity contribution >= 4 is 0 Å². The second-order valence-electron chi connectivity index (χ2n) is 7.79. The molecule has 0 saturated carbocycles. The van der Waals surface area contributed by atoms with E-state index in [-0.39, 0.29) is 0 Å². The van der Waals surface area contributed by atoms with Gasteiger partial charge in [-0.25, -0.2) is 0 Å². The number of hydrogen-bond donors (Lipinski definition) is 1. The molecule has 0 spiro atoms. The molecule has 0 amide bonds. The van der Waals surface area contributed by atoms with Gasteiger partial charge in [0.05, 0.1) is 5.60 Å². The van der Waals surface area contributed by atoms with E-state index in [0.29, 0.717) is 0 Å². The third-order valence-electron chi connectivity index (χ3n) is 5.37. The fraction of sp³-hybridized carbons (Fsp3) is 0.957. The van der Waals surface area contributed by atoms with Crippen molar-refractivity contribution in [2.24, 2.45) is 0 Å². The lowest BCUT2D eigenvalue weighted by molar-refractivity contribution is 0.0119. The molecule has 25 heavy (non-hydrogen) atoms. The zero-order valence-electron chi connectivity index (χ0n) is 17.5. The molecule has 0 fully saturated rings. The lowest BCUT2D eigenvalue weighted by Crippen LogP contribution is -2.27. The van der Waals surface area contributed by atoms with Crippen LogP contribution in [0.3, 0.4) is 0 Å². The highest BCUT2D eigenvalue weighted by molar-refractivity contribution is 4.76. The Balaban J connectivity index is 3.46. The van der Waals surface area contributed by atoms with Crippen molar-refractivity contribution < 1.29 is 9.84 Å². The third kappa shape index (κ3) is 17.1. The fourth-order valence-electron chi connectivity index (χ4n) is 3.46. The average molecular weight is 356 g/mol. The quantitative estimate of drug-likeness (QED) is 0.233. The molecule has 2 nitrogen and oxygen atoms in total. The van der Waals surface area contributed by atoms with Crippen molar-refractivity contribution in [3.05, 3.63) is 6.92 Å². The van der Waals surface area contributed by atoms with Crippen molar-refractivity contribution in [1.29, 1.82) is 0 Å². The van der Waals surface area contributed by atoms with Crippen LogP contribution in [-0.2, 0) is 4.74 Å². The molecule has 0 aromatic carbocycles. The maximum absolute atomic E-state index is 10.7. The highest BCUT2D eigenvalue weighted by Gasteiger charge is 2.23. The van der Waals surface area contributed by atoms with Crippen LogP contribution < -0.4 is 0 Å². The zero-order chi connectivity index (χ0) is 18.6. The maximum Gasteiger partial charge on any atom is 0.0645 e. The topological polar surface area (TPSA) is 29.5 Å². The lowest BCUT2D eigenvalue weighted by atomic mass is 9.88. The Bertz CT molecular complexity index is 254. The molecule has 0 aliphatic carbocycles. The highest BCUT2D eigenvalue weighted by Crippen LogP contribution is 2.25. The van der Waals surface area contributed by atoms with E-state index in [0.717, 1.165) is 51.7 Å². The van der Waals surface area contributed by atoms with Gasteiger partial charge < -0.3 is 9.84 Å². The maximum atomic E-state index is 10.7. The van der Waals surface area contributed by atoms with Gasteiger partial charge in [-0.3, -0.25) is 0 Å². The molecule has 0 aliphatic rings. The largest absolute Gasteiger partial charge is 0.390 e. The standard InChI is InChI=1S/C23H47O2/c1-4-7-8-9-10-11-12-13-14-15-16-19-23(24,6-3)20-17-18-22-25-21-5-2/h24H,2,4-22H2,1,3H3. The van der Waals surface area contributed by atoms with E-state index in [1.54, 1.807) is 0 Å². The summed E-state index contributed by atoms with van der Waals surface area (Å²) >= 11 is 0. The van der Waals surface area contributed by atoms with Gasteiger partial charge in [0.1, 0.15) is 0 Å². The van der Waals surface area contributed by atoms with Crippen molar-refractivity contribution in [2.75, 3.05) is 13.2 Å². The third-order valence-corrected chi connectivity index (χ3v) is 5.37. The molecule has 1 radical (unpaired) electrons. The predicted octanol–water partition coefficient (Wildman–Crippen LogP) is 7.24. The Labute approximate surface area is 159 Å². The van der Waals surface area contributed by atoms with Gasteiger partial charge in [-0.15, -0.1) is 0 Å². The van der Waals surface area contributed by atoms with Crippen molar-refractivity contribution in [3.63, 3.8) is 0 Å². The first-order valence-corrected chi connectivity index (χ1v) is 11.3. The predicted molar refractivity (Wildman–Crippen MR) is 111 cm³/mol. The first kappa shape index (κ1) is 24.9. The summed E-state index contributed by atoms with van der Waals surface area (Å²) in [5.41, 5.74) is -0.439. The van der Waals surface area contributed by atoms with Gasteiger partial charge in [0.2, 0.25) is 0 Å². The highest BCUT2D eigenvalue weighted by atomic mass is 16.5. The van der Waals surface area contributed by atoms with E-state index in [1.165, 1.54) is 70.6 Å². The summed E-state index contributed by atoms with van der Waals surface area (Å²) in [6.07, 6.45) is 20.8. The van der Waals surface area contributed by atoms with Gasteiger partial charge in [0.25, 0.3) is 0 Å². The van der Waals surface area contributed by atoms with E-state index < -0.39 is 5.60 Å². The van der Waals surface area contributed by atoms with Gasteiger partial charge in [-0.05, 0) is 38.5 Å². The van der Waals surface area contributed by atoms with Crippen LogP contribution in [0.25, 0.3) is 0 Å². The van der Waals surface area contributed by atoms with Gasteiger partial charge in [0.15, 0.2) is 0 Å². The Morgan fingerprint density at radius 3 is 1.64 bits per heavy atom. The monoisotopic (exact) mass is 355 g/mol. The van der Waals surface area contributed by atoms with Crippen LogP contribution in [-0.4, -0.2) is 23.9 Å². The molecule has 0 aromatic rings. The summed E-state index contributed by atoms with van der Waals surface area (Å²) < 4.78 is 5.46. The number of aliphatic hydroxyl groups is 1. The smallest absolute Gasteiger partial charge is 0.0645 e. The second kappa shape index (κ2) is 18.7. The molecule has 1 atom stereocenters. The van der Waals surface area contributed by atoms with Crippen LogP contribution in [0.2, 0.25) is 0 Å². The number of hydrogen-bond acceptors (Lipinski definition) is 2. The number of ether oxygens (including phenoxy) is 1. The Morgan fingerprint density at radius 2 is 1.16 bits per heavy atom. The summed E-state index contributed by atoms with van der Waals surface area (Å²) in [5, 5.41) is 10.7. The van der Waals surface area contributed by atoms with Gasteiger partial charge >= 0.3 is 0 Å². The Hall–Kier alpha value is -0.0800. The van der Waals surface area contributed by atoms with E-state index in [9.17, 15) is 5.11 Å². The van der Waals surface area contributed by atoms with Gasteiger partial charge in [-0.1, -0.05) is 91.4 Å². The van der Waals surface area contributed by atoms with E-state index in [4.69, 9.17) is 4.74 Å². The van der Waals surface area contributed by atoms with Gasteiger partial charge in [0, 0.05) is 13.2 Å². The SMILES string of the molecule is [CH2]CCOCCCCC(O)(CC)CCCCCCCCCCCCC. The summed E-state index contributed by atoms with van der Waals surface area (Å²) in [6, 6.07) is 0. The molecule has 2 heteroatoms.